The van der Waals surface area contributed by atoms with Crippen molar-refractivity contribution in [3.05, 3.63) is 36.4 Å². The van der Waals surface area contributed by atoms with Crippen LogP contribution in [-0.4, -0.2) is 41.4 Å². The summed E-state index contributed by atoms with van der Waals surface area (Å²) in [5, 5.41) is 24.0. The molecule has 1 heterocycles. The van der Waals surface area contributed by atoms with Crippen molar-refractivity contribution in [2.45, 2.75) is 12.5 Å². The maximum absolute atomic E-state index is 8.17. The predicted octanol–water partition coefficient (Wildman–Crippen LogP) is 0.476. The fourth-order valence-electron chi connectivity index (χ4n) is 1.29. The van der Waals surface area contributed by atoms with E-state index in [2.05, 4.69) is 6.58 Å². The van der Waals surface area contributed by atoms with E-state index < -0.39 is 6.10 Å². The van der Waals surface area contributed by atoms with Gasteiger partial charge < -0.3 is 24.8 Å². The quantitative estimate of drug-likeness (QED) is 0.681. The van der Waals surface area contributed by atoms with Gasteiger partial charge in [0.1, 0.15) is 6.10 Å². The number of fused-ring (bicyclic) bond motifs is 1. The summed E-state index contributed by atoms with van der Waals surface area (Å²) in [5.41, 5.74) is 1.20. The van der Waals surface area contributed by atoms with Crippen molar-refractivity contribution >= 4 is 0 Å². The van der Waals surface area contributed by atoms with Crippen molar-refractivity contribution in [3.63, 3.8) is 0 Å². The van der Waals surface area contributed by atoms with Gasteiger partial charge in [0.2, 0.25) is 6.79 Å². The van der Waals surface area contributed by atoms with Gasteiger partial charge in [0.05, 0.1) is 13.2 Å². The third kappa shape index (κ3) is 4.37. The molecule has 0 atom stereocenters. The van der Waals surface area contributed by atoms with Crippen LogP contribution in [0.5, 0.6) is 11.5 Å². The molecule has 0 saturated heterocycles. The fourth-order valence-corrected chi connectivity index (χ4v) is 1.29. The van der Waals surface area contributed by atoms with Crippen molar-refractivity contribution < 1.29 is 24.8 Å². The molecule has 1 aromatic rings. The Morgan fingerprint density at radius 3 is 2.44 bits per heavy atom. The standard InChI is InChI=1S/C10H10O2.C3H8O3/c1-2-3-8-4-5-9-10(6-8)12-7-11-9;4-1-3(6)2-5/h2,4-6H,1,3,7H2;3-6H,1-2H2. The van der Waals surface area contributed by atoms with E-state index in [1.165, 1.54) is 5.56 Å². The molecule has 100 valence electrons. The third-order valence-electron chi connectivity index (χ3n) is 2.24. The Hall–Kier alpha value is -1.56. The molecule has 0 amide bonds. The van der Waals surface area contributed by atoms with Crippen molar-refractivity contribution in [1.82, 2.24) is 0 Å². The van der Waals surface area contributed by atoms with Gasteiger partial charge in [0, 0.05) is 0 Å². The Labute approximate surface area is 106 Å². The summed E-state index contributed by atoms with van der Waals surface area (Å²) in [6, 6.07) is 5.94. The largest absolute Gasteiger partial charge is 0.454 e. The van der Waals surface area contributed by atoms with Gasteiger partial charge in [-0.2, -0.15) is 0 Å². The number of hydrogen-bond donors (Lipinski definition) is 3. The maximum Gasteiger partial charge on any atom is 0.231 e. The maximum atomic E-state index is 8.17. The Balaban J connectivity index is 0.000000232. The number of aliphatic hydroxyl groups is 3. The van der Waals surface area contributed by atoms with E-state index in [4.69, 9.17) is 24.8 Å². The second kappa shape index (κ2) is 7.71. The fraction of sp³-hybridized carbons (Fsp3) is 0.385. The van der Waals surface area contributed by atoms with Gasteiger partial charge in [-0.25, -0.2) is 0 Å². The molecule has 0 fully saturated rings. The topological polar surface area (TPSA) is 79.2 Å². The van der Waals surface area contributed by atoms with Crippen LogP contribution in [0, 0.1) is 0 Å². The molecule has 0 bridgehead atoms. The van der Waals surface area contributed by atoms with Gasteiger partial charge in [-0.1, -0.05) is 12.1 Å². The summed E-state index contributed by atoms with van der Waals surface area (Å²) >= 11 is 0. The highest BCUT2D eigenvalue weighted by Crippen LogP contribution is 2.32. The predicted molar refractivity (Wildman–Crippen MR) is 66.6 cm³/mol. The number of benzene rings is 1. The van der Waals surface area contributed by atoms with Crippen molar-refractivity contribution in [1.29, 1.82) is 0 Å². The van der Waals surface area contributed by atoms with Crippen LogP contribution in [0.25, 0.3) is 0 Å². The van der Waals surface area contributed by atoms with Gasteiger partial charge in [0.15, 0.2) is 11.5 Å². The van der Waals surface area contributed by atoms with Gasteiger partial charge in [-0.05, 0) is 24.1 Å². The highest BCUT2D eigenvalue weighted by molar-refractivity contribution is 5.44. The minimum atomic E-state index is -0.954. The van der Waals surface area contributed by atoms with Gasteiger partial charge in [0.25, 0.3) is 0 Å². The highest BCUT2D eigenvalue weighted by Gasteiger charge is 2.12. The average Bonchev–Trinajstić information content (AvgIpc) is 2.86. The normalized spacial score (nSPS) is 12.0. The molecule has 2 rings (SSSR count). The Kier molecular flexibility index (Phi) is 6.21. The smallest absolute Gasteiger partial charge is 0.231 e. The molecule has 1 aromatic carbocycles. The minimum Gasteiger partial charge on any atom is -0.454 e. The van der Waals surface area contributed by atoms with Crippen LogP contribution in [-0.2, 0) is 6.42 Å². The van der Waals surface area contributed by atoms with E-state index in [-0.39, 0.29) is 13.2 Å². The number of aliphatic hydroxyl groups excluding tert-OH is 3. The SMILES string of the molecule is C=CCc1ccc2c(c1)OCO2.OCC(O)CO. The number of allylic oxidation sites excluding steroid dienone is 1. The van der Waals surface area contributed by atoms with Crippen LogP contribution < -0.4 is 9.47 Å². The zero-order valence-electron chi connectivity index (χ0n) is 10.1. The summed E-state index contributed by atoms with van der Waals surface area (Å²) < 4.78 is 10.4. The Morgan fingerprint density at radius 2 is 1.89 bits per heavy atom. The summed E-state index contributed by atoms with van der Waals surface area (Å²) in [4.78, 5) is 0. The molecule has 3 N–H and O–H groups in total. The number of ether oxygens (including phenoxy) is 2. The van der Waals surface area contributed by atoms with Gasteiger partial charge in [-0.3, -0.25) is 0 Å². The van der Waals surface area contributed by atoms with Gasteiger partial charge in [-0.15, -0.1) is 6.58 Å². The molecular weight excluding hydrogens is 236 g/mol. The molecule has 0 unspecified atom stereocenters. The molecule has 0 radical (unpaired) electrons. The van der Waals surface area contributed by atoms with E-state index >= 15 is 0 Å². The molecule has 1 aliphatic heterocycles. The highest BCUT2D eigenvalue weighted by atomic mass is 16.7. The first-order valence-corrected chi connectivity index (χ1v) is 5.60. The van der Waals surface area contributed by atoms with Crippen LogP contribution in [0.4, 0.5) is 0 Å². The van der Waals surface area contributed by atoms with Crippen LogP contribution >= 0.6 is 0 Å². The van der Waals surface area contributed by atoms with Crippen molar-refractivity contribution in [2.24, 2.45) is 0 Å². The molecule has 5 heteroatoms. The zero-order chi connectivity index (χ0) is 13.4. The molecule has 0 saturated carbocycles. The summed E-state index contributed by atoms with van der Waals surface area (Å²) in [7, 11) is 0. The molecule has 0 aromatic heterocycles. The van der Waals surface area contributed by atoms with Crippen LogP contribution in [0.15, 0.2) is 30.9 Å². The van der Waals surface area contributed by atoms with Crippen LogP contribution in [0.1, 0.15) is 5.56 Å². The lowest BCUT2D eigenvalue weighted by atomic mass is 10.1. The van der Waals surface area contributed by atoms with Crippen molar-refractivity contribution in [3.8, 4) is 11.5 Å². The molecule has 0 aliphatic carbocycles. The molecule has 0 spiro atoms. The molecule has 18 heavy (non-hydrogen) atoms. The summed E-state index contributed by atoms with van der Waals surface area (Å²) in [6.07, 6.45) is 1.79. The Morgan fingerprint density at radius 1 is 1.22 bits per heavy atom. The molecular formula is C13H18O5. The first kappa shape index (κ1) is 14.5. The van der Waals surface area contributed by atoms with Gasteiger partial charge >= 0.3 is 0 Å². The van der Waals surface area contributed by atoms with E-state index in [0.29, 0.717) is 6.79 Å². The van der Waals surface area contributed by atoms with E-state index in [0.717, 1.165) is 17.9 Å². The summed E-state index contributed by atoms with van der Waals surface area (Å²) in [6.45, 7) is 3.29. The first-order chi connectivity index (χ1) is 8.71. The Bertz CT molecular complexity index is 374. The number of hydrogen-bond acceptors (Lipinski definition) is 5. The molecule has 1 aliphatic rings. The second-order valence-electron chi connectivity index (χ2n) is 3.70. The second-order valence-corrected chi connectivity index (χ2v) is 3.70. The lowest BCUT2D eigenvalue weighted by Gasteiger charge is -1.98. The van der Waals surface area contributed by atoms with E-state index in [9.17, 15) is 0 Å². The third-order valence-corrected chi connectivity index (χ3v) is 2.24. The van der Waals surface area contributed by atoms with Crippen molar-refractivity contribution in [2.75, 3.05) is 20.0 Å². The molecule has 5 nitrogen and oxygen atoms in total. The lowest BCUT2D eigenvalue weighted by Crippen LogP contribution is -2.15. The first-order valence-electron chi connectivity index (χ1n) is 5.60. The van der Waals surface area contributed by atoms with E-state index in [1.807, 2.05) is 24.3 Å². The zero-order valence-corrected chi connectivity index (χ0v) is 10.1. The monoisotopic (exact) mass is 254 g/mol. The lowest BCUT2D eigenvalue weighted by molar-refractivity contribution is 0.0450. The summed E-state index contributed by atoms with van der Waals surface area (Å²) in [5.74, 6) is 1.68. The van der Waals surface area contributed by atoms with E-state index in [1.54, 1.807) is 0 Å². The van der Waals surface area contributed by atoms with Crippen LogP contribution in [0.3, 0.4) is 0 Å². The number of rotatable bonds is 4. The van der Waals surface area contributed by atoms with Crippen LogP contribution in [0.2, 0.25) is 0 Å². The average molecular weight is 254 g/mol. The minimum absolute atomic E-state index is 0.340.